The molecule has 0 aromatic carbocycles. The third-order valence-corrected chi connectivity index (χ3v) is 14.8. The van der Waals surface area contributed by atoms with E-state index in [9.17, 15) is 45.3 Å². The Labute approximate surface area is 306 Å². The molecule has 7 unspecified atom stereocenters. The van der Waals surface area contributed by atoms with Crippen LogP contribution >= 0.6 is 0 Å². The van der Waals surface area contributed by atoms with Crippen LogP contribution in [0.15, 0.2) is 23.8 Å². The minimum absolute atomic E-state index is 0.0285. The van der Waals surface area contributed by atoms with Crippen molar-refractivity contribution in [2.24, 2.45) is 38.9 Å². The maximum atomic E-state index is 15.0. The van der Waals surface area contributed by atoms with Crippen LogP contribution in [0, 0.1) is 38.9 Å². The van der Waals surface area contributed by atoms with Crippen molar-refractivity contribution in [2.75, 3.05) is 6.61 Å². The van der Waals surface area contributed by atoms with E-state index < -0.39 is 112 Å². The highest BCUT2D eigenvalue weighted by atomic mass is 16.7. The number of ketones is 2. The van der Waals surface area contributed by atoms with E-state index in [-0.39, 0.29) is 30.8 Å². The van der Waals surface area contributed by atoms with Gasteiger partial charge in [-0.1, -0.05) is 45.4 Å². The van der Waals surface area contributed by atoms with E-state index in [4.69, 9.17) is 14.2 Å². The highest BCUT2D eigenvalue weighted by Gasteiger charge is 2.78. The molecule has 52 heavy (non-hydrogen) atoms. The van der Waals surface area contributed by atoms with Gasteiger partial charge in [0.05, 0.1) is 18.3 Å². The first-order valence-corrected chi connectivity index (χ1v) is 18.4. The van der Waals surface area contributed by atoms with Crippen LogP contribution in [0.25, 0.3) is 0 Å². The van der Waals surface area contributed by atoms with Crippen LogP contribution in [0.3, 0.4) is 0 Å². The third-order valence-electron chi connectivity index (χ3n) is 14.8. The smallest absolute Gasteiger partial charge is 0.303 e. The van der Waals surface area contributed by atoms with Crippen LogP contribution in [0.2, 0.25) is 0 Å². The van der Waals surface area contributed by atoms with Gasteiger partial charge in [0, 0.05) is 30.1 Å². The summed E-state index contributed by atoms with van der Waals surface area (Å²) < 4.78 is 17.0. The lowest BCUT2D eigenvalue weighted by Gasteiger charge is -2.70. The van der Waals surface area contributed by atoms with E-state index in [1.54, 1.807) is 27.7 Å². The minimum atomic E-state index is -1.90. The van der Waals surface area contributed by atoms with Gasteiger partial charge >= 0.3 is 5.97 Å². The Morgan fingerprint density at radius 1 is 1.02 bits per heavy atom. The average molecular weight is 737 g/mol. The second kappa shape index (κ2) is 13.0. The molecule has 7 N–H and O–H groups in total. The third kappa shape index (κ3) is 5.71. The zero-order valence-corrected chi connectivity index (χ0v) is 32.1. The number of carbonyl (C=O) groups excluding carboxylic acids is 3. The number of esters is 1. The lowest BCUT2D eigenvalue weighted by Crippen LogP contribution is -2.70. The second-order valence-corrected chi connectivity index (χ2v) is 18.3. The molecule has 1 heterocycles. The Balaban J connectivity index is 1.52. The predicted octanol–water partition coefficient (Wildman–Crippen LogP) is 1.51. The van der Waals surface area contributed by atoms with Crippen molar-refractivity contribution in [1.29, 1.82) is 0 Å². The zero-order chi connectivity index (χ0) is 39.4. The van der Waals surface area contributed by atoms with Crippen molar-refractivity contribution in [1.82, 2.24) is 0 Å². The van der Waals surface area contributed by atoms with Crippen molar-refractivity contribution in [3.63, 3.8) is 0 Å². The molecule has 1 aliphatic heterocycles. The normalized spacial score (nSPS) is 46.5. The summed E-state index contributed by atoms with van der Waals surface area (Å²) >= 11 is 0. The minimum Gasteiger partial charge on any atom is -0.456 e. The maximum absolute atomic E-state index is 15.0. The number of rotatable bonds is 8. The number of aliphatic hydroxyl groups is 7. The highest BCUT2D eigenvalue weighted by Crippen LogP contribution is 2.79. The Hall–Kier alpha value is -2.07. The number of fused-ring (bicyclic) bond motifs is 5. The topological polar surface area (TPSA) is 221 Å². The molecule has 4 aliphatic carbocycles. The zero-order valence-electron chi connectivity index (χ0n) is 32.1. The number of allylic oxidation sites excluding steroid dienone is 2. The van der Waals surface area contributed by atoms with Crippen molar-refractivity contribution in [2.45, 2.75) is 155 Å². The Morgan fingerprint density at radius 2 is 1.63 bits per heavy atom. The van der Waals surface area contributed by atoms with E-state index in [1.165, 1.54) is 26.0 Å². The fraction of sp³-hybridized carbons (Fsp3) is 0.821. The first-order valence-electron chi connectivity index (χ1n) is 18.4. The molecule has 0 spiro atoms. The summed E-state index contributed by atoms with van der Waals surface area (Å²) in [5, 5.41) is 76.6. The molecule has 3 saturated carbocycles. The molecule has 0 radical (unpaired) electrons. The number of hydrogen-bond acceptors (Lipinski definition) is 13. The summed E-state index contributed by atoms with van der Waals surface area (Å²) in [4.78, 5) is 40.7. The Kier molecular flexibility index (Phi) is 10.3. The quantitative estimate of drug-likeness (QED) is 0.139. The van der Waals surface area contributed by atoms with Crippen LogP contribution in [-0.4, -0.2) is 120 Å². The average Bonchev–Trinajstić information content (AvgIpc) is 3.24. The highest BCUT2D eigenvalue weighted by molar-refractivity contribution is 5.95. The molecule has 294 valence electrons. The lowest BCUT2D eigenvalue weighted by molar-refractivity contribution is -0.311. The van der Waals surface area contributed by atoms with Crippen LogP contribution in [0.4, 0.5) is 0 Å². The van der Waals surface area contributed by atoms with Crippen LogP contribution < -0.4 is 0 Å². The molecule has 0 aromatic rings. The molecule has 0 aromatic heterocycles. The van der Waals surface area contributed by atoms with E-state index in [2.05, 4.69) is 0 Å². The second-order valence-electron chi connectivity index (χ2n) is 18.3. The summed E-state index contributed by atoms with van der Waals surface area (Å²) in [5.41, 5.74) is -6.97. The molecule has 0 bridgehead atoms. The lowest BCUT2D eigenvalue weighted by atomic mass is 9.33. The maximum Gasteiger partial charge on any atom is 0.303 e. The van der Waals surface area contributed by atoms with E-state index in [0.717, 1.165) is 5.57 Å². The first-order chi connectivity index (χ1) is 23.7. The van der Waals surface area contributed by atoms with Crippen LogP contribution in [-0.2, 0) is 28.6 Å². The van der Waals surface area contributed by atoms with Gasteiger partial charge in [-0.15, -0.1) is 0 Å². The monoisotopic (exact) mass is 736 g/mol. The molecule has 4 fully saturated rings. The van der Waals surface area contributed by atoms with E-state index in [0.29, 0.717) is 6.42 Å². The number of Topliss-reactive ketones (excluding diaryl/α,β-unsaturated/α-hetero) is 2. The summed E-state index contributed by atoms with van der Waals surface area (Å²) in [6.45, 7) is 16.8. The molecule has 5 aliphatic rings. The standard InChI is InChI=1S/C39H60O13/c1-19(41)52-33(2,3)13-12-25(43)39(10,49)30-22(42)16-37(8)35(30,6)17-26(44)38(9)21-15-23(31(48)34(4,5)20(21)11-14-36(37,38)7)50-32-29(47)28(46)27(45)24(18-40)51-32/h11-13,21-25,27-30,32,40,42-43,45-47,49H,14-18H2,1-10H3/b13-12+/t21-,22-,23?,24?,25?,27?,28?,29?,30+,32?,35-,36+,37-,38-,39+/m1/s1. The Bertz CT molecular complexity index is 1510. The molecular weight excluding hydrogens is 676 g/mol. The largest absolute Gasteiger partial charge is 0.456 e. The van der Waals surface area contributed by atoms with Gasteiger partial charge in [-0.3, -0.25) is 14.4 Å². The molecule has 13 heteroatoms. The summed E-state index contributed by atoms with van der Waals surface area (Å²) in [6, 6.07) is 0. The van der Waals surface area contributed by atoms with Crippen LogP contribution in [0.5, 0.6) is 0 Å². The molecule has 13 nitrogen and oxygen atoms in total. The number of hydrogen-bond donors (Lipinski definition) is 7. The summed E-state index contributed by atoms with van der Waals surface area (Å²) in [6.07, 6.45) is -6.00. The Morgan fingerprint density at radius 3 is 2.21 bits per heavy atom. The van der Waals surface area contributed by atoms with Gasteiger partial charge in [0.25, 0.3) is 0 Å². The SMILES string of the molecule is CC(=O)OC(C)(C)/C=C/C(O)[C@](C)(O)[C@H]1[C@H](O)C[C@@]2(C)[C@]3(C)CC=C4[C@@H](CC(OC5OC(CO)C(O)C(O)C5O)C(=O)C4(C)C)[C@]3(C)C(=O)C[C@]12C. The number of aliphatic hydroxyl groups excluding tert-OH is 6. The van der Waals surface area contributed by atoms with Crippen molar-refractivity contribution >= 4 is 17.5 Å². The van der Waals surface area contributed by atoms with Gasteiger partial charge in [-0.2, -0.15) is 0 Å². The first kappa shape index (κ1) is 41.1. The predicted molar refractivity (Wildman–Crippen MR) is 186 cm³/mol. The molecular formula is C39H60O13. The number of carbonyl (C=O) groups is 3. The number of ether oxygens (including phenoxy) is 3. The van der Waals surface area contributed by atoms with E-state index >= 15 is 4.79 Å². The molecule has 5 rings (SSSR count). The van der Waals surface area contributed by atoms with Crippen LogP contribution in [0.1, 0.15) is 94.9 Å². The fourth-order valence-electron chi connectivity index (χ4n) is 11.4. The van der Waals surface area contributed by atoms with Crippen molar-refractivity contribution in [3.8, 4) is 0 Å². The van der Waals surface area contributed by atoms with Crippen molar-refractivity contribution in [3.05, 3.63) is 23.8 Å². The van der Waals surface area contributed by atoms with Gasteiger partial charge in [-0.05, 0) is 82.1 Å². The summed E-state index contributed by atoms with van der Waals surface area (Å²) in [5.74, 6) is -2.38. The van der Waals surface area contributed by atoms with Gasteiger partial charge < -0.3 is 50.0 Å². The molecule has 15 atom stereocenters. The molecule has 1 saturated heterocycles. The van der Waals surface area contributed by atoms with Gasteiger partial charge in [0.1, 0.15) is 48.0 Å². The fourth-order valence-corrected chi connectivity index (χ4v) is 11.4. The van der Waals surface area contributed by atoms with E-state index in [1.807, 2.05) is 33.8 Å². The summed E-state index contributed by atoms with van der Waals surface area (Å²) in [7, 11) is 0. The molecule has 0 amide bonds. The van der Waals surface area contributed by atoms with Gasteiger partial charge in [0.15, 0.2) is 12.1 Å². The van der Waals surface area contributed by atoms with Crippen molar-refractivity contribution < 1.29 is 64.3 Å². The van der Waals surface area contributed by atoms with Gasteiger partial charge in [-0.25, -0.2) is 0 Å². The van der Waals surface area contributed by atoms with Gasteiger partial charge in [0.2, 0.25) is 0 Å².